The summed E-state index contributed by atoms with van der Waals surface area (Å²) in [6, 6.07) is 0. The largest absolute Gasteiger partial charge is 0.383 e. The lowest BCUT2D eigenvalue weighted by atomic mass is 10.1. The quantitative estimate of drug-likeness (QED) is 0.925. The van der Waals surface area contributed by atoms with Crippen LogP contribution in [0.5, 0.6) is 0 Å². The van der Waals surface area contributed by atoms with Crippen LogP contribution in [0.4, 0.5) is 5.82 Å². The van der Waals surface area contributed by atoms with Gasteiger partial charge in [-0.3, -0.25) is 0 Å². The van der Waals surface area contributed by atoms with Crippen molar-refractivity contribution in [3.8, 4) is 0 Å². The summed E-state index contributed by atoms with van der Waals surface area (Å²) in [5.74, 6) is 1.64. The van der Waals surface area contributed by atoms with Crippen LogP contribution in [0.1, 0.15) is 38.4 Å². The van der Waals surface area contributed by atoms with Crippen LogP contribution < -0.4 is 5.73 Å². The average molecular weight is 288 g/mol. The Hall–Kier alpha value is -0.680. The number of halogens is 1. The van der Waals surface area contributed by atoms with Gasteiger partial charge in [0.15, 0.2) is 5.82 Å². The number of rotatable bonds is 4. The minimum absolute atomic E-state index is 0.138. The molecular formula is C11H18BrN3O. The second-order valence-corrected chi connectivity index (χ2v) is 5.00. The van der Waals surface area contributed by atoms with Gasteiger partial charge in [-0.25, -0.2) is 9.97 Å². The molecule has 1 aromatic rings. The smallest absolute Gasteiger partial charge is 0.159 e. The van der Waals surface area contributed by atoms with Gasteiger partial charge in [0.1, 0.15) is 11.9 Å². The molecule has 1 atom stereocenters. The number of nitrogens with two attached hydrogens (primary N) is 1. The van der Waals surface area contributed by atoms with Crippen LogP contribution in [0.25, 0.3) is 0 Å². The van der Waals surface area contributed by atoms with Gasteiger partial charge < -0.3 is 10.5 Å². The van der Waals surface area contributed by atoms with E-state index in [4.69, 9.17) is 10.5 Å². The van der Waals surface area contributed by atoms with Crippen molar-refractivity contribution >= 4 is 21.7 Å². The molecule has 5 heteroatoms. The first-order valence-corrected chi connectivity index (χ1v) is 6.09. The molecule has 1 aromatic heterocycles. The van der Waals surface area contributed by atoms with E-state index in [-0.39, 0.29) is 6.10 Å². The van der Waals surface area contributed by atoms with Gasteiger partial charge in [0.25, 0.3) is 0 Å². The van der Waals surface area contributed by atoms with Crippen LogP contribution in [-0.2, 0) is 11.2 Å². The maximum absolute atomic E-state index is 5.84. The fourth-order valence-corrected chi connectivity index (χ4v) is 1.68. The monoisotopic (exact) mass is 287 g/mol. The van der Waals surface area contributed by atoms with E-state index >= 15 is 0 Å². The van der Waals surface area contributed by atoms with Gasteiger partial charge >= 0.3 is 0 Å². The van der Waals surface area contributed by atoms with E-state index in [2.05, 4.69) is 39.7 Å². The van der Waals surface area contributed by atoms with Crippen molar-refractivity contribution in [3.05, 3.63) is 16.0 Å². The predicted octanol–water partition coefficient (Wildman–Crippen LogP) is 2.73. The van der Waals surface area contributed by atoms with Crippen LogP contribution in [0.2, 0.25) is 0 Å². The molecule has 4 nitrogen and oxygen atoms in total. The van der Waals surface area contributed by atoms with E-state index in [1.54, 1.807) is 7.11 Å². The molecular weight excluding hydrogens is 270 g/mol. The molecule has 0 fully saturated rings. The maximum atomic E-state index is 5.84. The molecule has 1 heterocycles. The summed E-state index contributed by atoms with van der Waals surface area (Å²) in [5, 5.41) is 0. The van der Waals surface area contributed by atoms with Gasteiger partial charge in [0.05, 0.1) is 10.2 Å². The third-order valence-electron chi connectivity index (χ3n) is 2.28. The molecule has 0 aliphatic heterocycles. The van der Waals surface area contributed by atoms with E-state index in [0.29, 0.717) is 17.6 Å². The van der Waals surface area contributed by atoms with Crippen LogP contribution in [0, 0.1) is 5.92 Å². The van der Waals surface area contributed by atoms with Gasteiger partial charge in [-0.15, -0.1) is 0 Å². The van der Waals surface area contributed by atoms with E-state index < -0.39 is 0 Å². The van der Waals surface area contributed by atoms with E-state index in [0.717, 1.165) is 16.6 Å². The summed E-state index contributed by atoms with van der Waals surface area (Å²) in [6.07, 6.45) is 0.734. The predicted molar refractivity (Wildman–Crippen MR) is 68.1 cm³/mol. The van der Waals surface area contributed by atoms with Crippen LogP contribution in [-0.4, -0.2) is 17.1 Å². The number of hydrogen-bond donors (Lipinski definition) is 1. The summed E-state index contributed by atoms with van der Waals surface area (Å²) >= 11 is 3.42. The minimum atomic E-state index is -0.138. The van der Waals surface area contributed by atoms with Crippen molar-refractivity contribution in [2.24, 2.45) is 5.92 Å². The molecule has 16 heavy (non-hydrogen) atoms. The highest BCUT2D eigenvalue weighted by Crippen LogP contribution is 2.25. The molecule has 2 N–H and O–H groups in total. The Morgan fingerprint density at radius 3 is 2.44 bits per heavy atom. The molecule has 0 spiro atoms. The molecule has 0 aliphatic carbocycles. The highest BCUT2D eigenvalue weighted by Gasteiger charge is 2.15. The van der Waals surface area contributed by atoms with E-state index in [9.17, 15) is 0 Å². The van der Waals surface area contributed by atoms with E-state index in [1.165, 1.54) is 0 Å². The summed E-state index contributed by atoms with van der Waals surface area (Å²) in [4.78, 5) is 8.69. The lowest BCUT2D eigenvalue weighted by Crippen LogP contribution is -2.10. The molecule has 0 amide bonds. The Labute approximate surface area is 105 Å². The van der Waals surface area contributed by atoms with Gasteiger partial charge in [0.2, 0.25) is 0 Å². The first kappa shape index (κ1) is 13.4. The normalized spacial score (nSPS) is 13.1. The Kier molecular flexibility index (Phi) is 4.68. The van der Waals surface area contributed by atoms with Gasteiger partial charge in [0, 0.05) is 7.11 Å². The standard InChI is InChI=1S/C11H18BrN3O/c1-6(2)5-8-9(12)10(13)15-11(14-8)7(3)16-4/h6-7H,5H2,1-4H3,(H2,13,14,15). The summed E-state index contributed by atoms with van der Waals surface area (Å²) in [7, 11) is 1.63. The summed E-state index contributed by atoms with van der Waals surface area (Å²) < 4.78 is 5.99. The first-order chi connectivity index (χ1) is 7.45. The molecule has 0 saturated heterocycles. The first-order valence-electron chi connectivity index (χ1n) is 5.30. The SMILES string of the molecule is COC(C)c1nc(N)c(Br)c(CC(C)C)n1. The third kappa shape index (κ3) is 3.15. The molecule has 1 rings (SSSR count). The number of anilines is 1. The van der Waals surface area contributed by atoms with Crippen LogP contribution in [0.15, 0.2) is 4.47 Å². The van der Waals surface area contributed by atoms with Gasteiger partial charge in [-0.1, -0.05) is 13.8 Å². The number of hydrogen-bond acceptors (Lipinski definition) is 4. The second-order valence-electron chi connectivity index (χ2n) is 4.20. The Bertz CT molecular complexity index is 368. The number of aromatic nitrogens is 2. The fourth-order valence-electron chi connectivity index (χ4n) is 1.34. The fraction of sp³-hybridized carbons (Fsp3) is 0.636. The second kappa shape index (κ2) is 5.59. The summed E-state index contributed by atoms with van der Waals surface area (Å²) in [5.41, 5.74) is 6.78. The topological polar surface area (TPSA) is 61.0 Å². The Balaban J connectivity index is 3.11. The molecule has 0 aliphatic rings. The Morgan fingerprint density at radius 2 is 1.94 bits per heavy atom. The van der Waals surface area contributed by atoms with Crippen LogP contribution in [0.3, 0.4) is 0 Å². The van der Waals surface area contributed by atoms with Gasteiger partial charge in [-0.05, 0) is 35.2 Å². The zero-order valence-electron chi connectivity index (χ0n) is 10.1. The lowest BCUT2D eigenvalue weighted by Gasteiger charge is -2.13. The van der Waals surface area contributed by atoms with Crippen molar-refractivity contribution in [1.82, 2.24) is 9.97 Å². The maximum Gasteiger partial charge on any atom is 0.159 e. The molecule has 1 unspecified atom stereocenters. The zero-order chi connectivity index (χ0) is 12.3. The third-order valence-corrected chi connectivity index (χ3v) is 3.15. The lowest BCUT2D eigenvalue weighted by molar-refractivity contribution is 0.112. The molecule has 0 bridgehead atoms. The minimum Gasteiger partial charge on any atom is -0.383 e. The van der Waals surface area contributed by atoms with Crippen molar-refractivity contribution < 1.29 is 4.74 Å². The van der Waals surface area contributed by atoms with Crippen molar-refractivity contribution in [2.45, 2.75) is 33.3 Å². The van der Waals surface area contributed by atoms with E-state index in [1.807, 2.05) is 6.92 Å². The number of ether oxygens (including phenoxy) is 1. The van der Waals surface area contributed by atoms with Crippen molar-refractivity contribution in [1.29, 1.82) is 0 Å². The zero-order valence-corrected chi connectivity index (χ0v) is 11.7. The highest BCUT2D eigenvalue weighted by molar-refractivity contribution is 9.10. The van der Waals surface area contributed by atoms with Crippen molar-refractivity contribution in [3.63, 3.8) is 0 Å². The van der Waals surface area contributed by atoms with Crippen molar-refractivity contribution in [2.75, 3.05) is 12.8 Å². The highest BCUT2D eigenvalue weighted by atomic mass is 79.9. The number of nitrogen functional groups attached to an aromatic ring is 1. The molecule has 90 valence electrons. The number of methoxy groups -OCH3 is 1. The summed E-state index contributed by atoms with van der Waals surface area (Å²) in [6.45, 7) is 6.19. The number of nitrogens with zero attached hydrogens (tertiary/aromatic N) is 2. The average Bonchev–Trinajstić information content (AvgIpc) is 2.22. The molecule has 0 saturated carbocycles. The Morgan fingerprint density at radius 1 is 1.31 bits per heavy atom. The molecule has 0 aromatic carbocycles. The molecule has 0 radical (unpaired) electrons. The van der Waals surface area contributed by atoms with Crippen LogP contribution >= 0.6 is 15.9 Å². The van der Waals surface area contributed by atoms with Gasteiger partial charge in [-0.2, -0.15) is 0 Å².